The molecule has 102 valence electrons. The number of piperidine rings is 1. The van der Waals surface area contributed by atoms with Gasteiger partial charge in [0.1, 0.15) is 0 Å². The van der Waals surface area contributed by atoms with Crippen LogP contribution in [0.2, 0.25) is 0 Å². The van der Waals surface area contributed by atoms with Crippen LogP contribution in [-0.2, 0) is 9.59 Å². The molecule has 5 nitrogen and oxygen atoms in total. The number of rotatable bonds is 4. The van der Waals surface area contributed by atoms with Gasteiger partial charge in [-0.15, -0.1) is 0 Å². The molecule has 0 aromatic rings. The first-order valence-electron chi connectivity index (χ1n) is 7.01. The van der Waals surface area contributed by atoms with Crippen molar-refractivity contribution in [3.63, 3.8) is 0 Å². The van der Waals surface area contributed by atoms with Gasteiger partial charge in [0.25, 0.3) is 0 Å². The molecule has 2 rings (SSSR count). The minimum atomic E-state index is -0.306. The van der Waals surface area contributed by atoms with Crippen LogP contribution in [0.4, 0.5) is 0 Å². The number of hydrogen-bond acceptors (Lipinski definition) is 3. The van der Waals surface area contributed by atoms with Gasteiger partial charge in [-0.3, -0.25) is 14.9 Å². The van der Waals surface area contributed by atoms with Crippen molar-refractivity contribution in [2.24, 2.45) is 0 Å². The van der Waals surface area contributed by atoms with Crippen molar-refractivity contribution in [3.05, 3.63) is 0 Å². The number of carbonyl (C=O) groups excluding carboxylic acids is 2. The molecule has 1 saturated heterocycles. The summed E-state index contributed by atoms with van der Waals surface area (Å²) in [6.07, 6.45) is 6.37. The van der Waals surface area contributed by atoms with Gasteiger partial charge >= 0.3 is 0 Å². The molecule has 2 unspecified atom stereocenters. The van der Waals surface area contributed by atoms with Crippen LogP contribution in [-0.4, -0.2) is 36.5 Å². The van der Waals surface area contributed by atoms with Crippen LogP contribution in [0.3, 0.4) is 0 Å². The SMILES string of the molecule is CC(NC1CCCNC1=O)C(=O)NC1CCCC1. The molecule has 18 heavy (non-hydrogen) atoms. The molecule has 5 heteroatoms. The Morgan fingerprint density at radius 1 is 1.28 bits per heavy atom. The molecule has 2 aliphatic rings. The lowest BCUT2D eigenvalue weighted by atomic mass is 10.1. The Hall–Kier alpha value is -1.10. The lowest BCUT2D eigenvalue weighted by Gasteiger charge is -2.26. The third kappa shape index (κ3) is 3.45. The summed E-state index contributed by atoms with van der Waals surface area (Å²) in [7, 11) is 0. The lowest BCUT2D eigenvalue weighted by molar-refractivity contribution is -0.126. The quantitative estimate of drug-likeness (QED) is 0.675. The number of nitrogens with one attached hydrogen (secondary N) is 3. The fourth-order valence-electron chi connectivity index (χ4n) is 2.70. The van der Waals surface area contributed by atoms with E-state index in [0.29, 0.717) is 6.04 Å². The van der Waals surface area contributed by atoms with E-state index >= 15 is 0 Å². The molecule has 0 bridgehead atoms. The molecule has 1 aliphatic carbocycles. The summed E-state index contributed by atoms with van der Waals surface area (Å²) < 4.78 is 0. The Labute approximate surface area is 108 Å². The average Bonchev–Trinajstić information content (AvgIpc) is 2.84. The highest BCUT2D eigenvalue weighted by Crippen LogP contribution is 2.17. The molecule has 0 aromatic heterocycles. The van der Waals surface area contributed by atoms with Crippen LogP contribution in [0, 0.1) is 0 Å². The Kier molecular flexibility index (Phi) is 4.58. The minimum Gasteiger partial charge on any atom is -0.355 e. The maximum atomic E-state index is 12.0. The molecule has 1 aliphatic heterocycles. The second-order valence-corrected chi connectivity index (χ2v) is 5.36. The van der Waals surface area contributed by atoms with E-state index in [0.717, 1.165) is 32.2 Å². The molecule has 1 heterocycles. The van der Waals surface area contributed by atoms with Crippen LogP contribution >= 0.6 is 0 Å². The highest BCUT2D eigenvalue weighted by molar-refractivity contribution is 5.85. The summed E-state index contributed by atoms with van der Waals surface area (Å²) in [5, 5.41) is 8.98. The molecule has 0 radical (unpaired) electrons. The summed E-state index contributed by atoms with van der Waals surface area (Å²) >= 11 is 0. The van der Waals surface area contributed by atoms with Crippen LogP contribution < -0.4 is 16.0 Å². The Bertz CT molecular complexity index is 313. The van der Waals surface area contributed by atoms with Gasteiger partial charge in [0.15, 0.2) is 0 Å². The highest BCUT2D eigenvalue weighted by Gasteiger charge is 2.27. The molecule has 2 fully saturated rings. The van der Waals surface area contributed by atoms with Crippen LogP contribution in [0.25, 0.3) is 0 Å². The molecular weight excluding hydrogens is 230 g/mol. The molecule has 1 saturated carbocycles. The monoisotopic (exact) mass is 253 g/mol. The third-order valence-corrected chi connectivity index (χ3v) is 3.83. The van der Waals surface area contributed by atoms with E-state index in [1.807, 2.05) is 6.92 Å². The van der Waals surface area contributed by atoms with Gasteiger partial charge in [-0.25, -0.2) is 0 Å². The Morgan fingerprint density at radius 3 is 2.67 bits per heavy atom. The van der Waals surface area contributed by atoms with Gasteiger partial charge in [-0.05, 0) is 32.6 Å². The minimum absolute atomic E-state index is 0.0141. The van der Waals surface area contributed by atoms with E-state index in [-0.39, 0.29) is 23.9 Å². The van der Waals surface area contributed by atoms with Gasteiger partial charge < -0.3 is 10.6 Å². The van der Waals surface area contributed by atoms with Gasteiger partial charge in [0, 0.05) is 12.6 Å². The maximum Gasteiger partial charge on any atom is 0.237 e. The van der Waals surface area contributed by atoms with Gasteiger partial charge in [0.2, 0.25) is 11.8 Å². The molecule has 3 N–H and O–H groups in total. The summed E-state index contributed by atoms with van der Waals surface area (Å²) in [5.41, 5.74) is 0. The van der Waals surface area contributed by atoms with E-state index in [1.54, 1.807) is 0 Å². The normalized spacial score (nSPS) is 26.7. The maximum absolute atomic E-state index is 12.0. The van der Waals surface area contributed by atoms with Gasteiger partial charge in [0.05, 0.1) is 12.1 Å². The van der Waals surface area contributed by atoms with Crippen LogP contribution in [0.5, 0.6) is 0 Å². The largest absolute Gasteiger partial charge is 0.355 e. The number of amides is 2. The summed E-state index contributed by atoms with van der Waals surface area (Å²) in [5.74, 6) is 0.0297. The zero-order valence-corrected chi connectivity index (χ0v) is 11.0. The predicted octanol–water partition coefficient (Wildman–Crippen LogP) is 0.302. The van der Waals surface area contributed by atoms with Gasteiger partial charge in [-0.2, -0.15) is 0 Å². The zero-order chi connectivity index (χ0) is 13.0. The zero-order valence-electron chi connectivity index (χ0n) is 11.0. The molecule has 0 spiro atoms. The second-order valence-electron chi connectivity index (χ2n) is 5.36. The summed E-state index contributed by atoms with van der Waals surface area (Å²) in [6, 6.07) is -0.190. The second kappa shape index (κ2) is 6.18. The van der Waals surface area contributed by atoms with Crippen molar-refractivity contribution in [1.29, 1.82) is 0 Å². The topological polar surface area (TPSA) is 70.2 Å². The van der Waals surface area contributed by atoms with E-state index in [4.69, 9.17) is 0 Å². The first-order chi connectivity index (χ1) is 8.66. The average molecular weight is 253 g/mol. The van der Waals surface area contributed by atoms with Crippen molar-refractivity contribution in [1.82, 2.24) is 16.0 Å². The Morgan fingerprint density at radius 2 is 2.00 bits per heavy atom. The van der Waals surface area contributed by atoms with E-state index in [2.05, 4.69) is 16.0 Å². The smallest absolute Gasteiger partial charge is 0.237 e. The first-order valence-corrected chi connectivity index (χ1v) is 7.01. The van der Waals surface area contributed by atoms with E-state index in [9.17, 15) is 9.59 Å². The van der Waals surface area contributed by atoms with Crippen molar-refractivity contribution in [2.45, 2.75) is 63.6 Å². The fraction of sp³-hybridized carbons (Fsp3) is 0.846. The van der Waals surface area contributed by atoms with Crippen molar-refractivity contribution >= 4 is 11.8 Å². The van der Waals surface area contributed by atoms with Crippen LogP contribution in [0.15, 0.2) is 0 Å². The number of carbonyl (C=O) groups is 2. The summed E-state index contributed by atoms with van der Waals surface area (Å²) in [6.45, 7) is 2.58. The Balaban J connectivity index is 1.77. The van der Waals surface area contributed by atoms with Crippen molar-refractivity contribution in [3.8, 4) is 0 Å². The molecule has 2 atom stereocenters. The van der Waals surface area contributed by atoms with Crippen LogP contribution in [0.1, 0.15) is 45.4 Å². The number of hydrogen-bond donors (Lipinski definition) is 3. The lowest BCUT2D eigenvalue weighted by Crippen LogP contribution is -2.55. The van der Waals surface area contributed by atoms with Gasteiger partial charge in [-0.1, -0.05) is 12.8 Å². The standard InChI is InChI=1S/C13H23N3O2/c1-9(12(17)16-10-5-2-3-6-10)15-11-7-4-8-14-13(11)18/h9-11,15H,2-8H2,1H3,(H,14,18)(H,16,17). The summed E-state index contributed by atoms with van der Waals surface area (Å²) in [4.78, 5) is 23.6. The molecular formula is C13H23N3O2. The van der Waals surface area contributed by atoms with Crippen molar-refractivity contribution < 1.29 is 9.59 Å². The highest BCUT2D eigenvalue weighted by atomic mass is 16.2. The van der Waals surface area contributed by atoms with E-state index in [1.165, 1.54) is 12.8 Å². The van der Waals surface area contributed by atoms with E-state index < -0.39 is 0 Å². The fourth-order valence-corrected chi connectivity index (χ4v) is 2.70. The molecule has 0 aromatic carbocycles. The first kappa shape index (κ1) is 13.3. The third-order valence-electron chi connectivity index (χ3n) is 3.83. The van der Waals surface area contributed by atoms with Crippen molar-refractivity contribution in [2.75, 3.05) is 6.54 Å². The molecule has 2 amide bonds. The predicted molar refractivity (Wildman–Crippen MR) is 69.0 cm³/mol.